The van der Waals surface area contributed by atoms with Crippen LogP contribution in [0.15, 0.2) is 39.9 Å². The molecule has 1 aromatic heterocycles. The van der Waals surface area contributed by atoms with Crippen molar-refractivity contribution in [1.82, 2.24) is 4.90 Å². The lowest BCUT2D eigenvalue weighted by Gasteiger charge is -2.13. The van der Waals surface area contributed by atoms with Crippen LogP contribution in [0, 0.1) is 0 Å². The van der Waals surface area contributed by atoms with Gasteiger partial charge in [0.25, 0.3) is 5.91 Å². The van der Waals surface area contributed by atoms with Gasteiger partial charge in [-0.2, -0.15) is 0 Å². The molecule has 122 valence electrons. The topological polar surface area (TPSA) is 70.8 Å². The molecular formula is C16H17NO4S2. The monoisotopic (exact) mass is 351 g/mol. The zero-order chi connectivity index (χ0) is 16.7. The molecule has 0 spiro atoms. The zero-order valence-corrected chi connectivity index (χ0v) is 14.1. The number of nitrogens with zero attached hydrogens (tertiary/aromatic N) is 1. The van der Waals surface area contributed by atoms with Crippen molar-refractivity contribution in [3.63, 3.8) is 0 Å². The number of carbonyl (C=O) groups excluding carboxylic acids is 1. The Balaban J connectivity index is 1.83. The average Bonchev–Trinajstić information content (AvgIpc) is 3.10. The summed E-state index contributed by atoms with van der Waals surface area (Å²) in [4.78, 5) is 24.9. The third-order valence-electron chi connectivity index (χ3n) is 3.20. The van der Waals surface area contributed by atoms with E-state index in [0.29, 0.717) is 22.2 Å². The number of carbonyl (C=O) groups is 2. The van der Waals surface area contributed by atoms with E-state index >= 15 is 0 Å². The second kappa shape index (κ2) is 8.69. The molecule has 7 heteroatoms. The lowest BCUT2D eigenvalue weighted by molar-refractivity contribution is -0.137. The number of thioether (sulfide) groups is 1. The van der Waals surface area contributed by atoms with E-state index in [-0.39, 0.29) is 12.3 Å². The number of thiocarbonyl (C=S) groups is 1. The molecule has 2 rings (SSSR count). The number of amides is 1. The van der Waals surface area contributed by atoms with Gasteiger partial charge in [0.05, 0.1) is 11.2 Å². The minimum absolute atomic E-state index is 0.0951. The van der Waals surface area contributed by atoms with E-state index in [2.05, 4.69) is 0 Å². The highest BCUT2D eigenvalue weighted by Crippen LogP contribution is 2.31. The second-order valence-corrected chi connectivity index (χ2v) is 6.61. The normalized spacial score (nSPS) is 16.9. The Bertz CT molecular complexity index is 635. The summed E-state index contributed by atoms with van der Waals surface area (Å²) in [6.45, 7) is 0.531. The van der Waals surface area contributed by atoms with Gasteiger partial charge in [0.1, 0.15) is 10.1 Å². The van der Waals surface area contributed by atoms with Crippen LogP contribution in [0.4, 0.5) is 0 Å². The van der Waals surface area contributed by atoms with E-state index in [1.54, 1.807) is 35.5 Å². The third-order valence-corrected chi connectivity index (χ3v) is 4.59. The van der Waals surface area contributed by atoms with Crippen LogP contribution in [0.3, 0.4) is 0 Å². The van der Waals surface area contributed by atoms with Gasteiger partial charge < -0.3 is 9.52 Å². The Hall–Kier alpha value is -1.86. The van der Waals surface area contributed by atoms with Gasteiger partial charge in [-0.3, -0.25) is 14.5 Å². The van der Waals surface area contributed by atoms with E-state index in [9.17, 15) is 9.59 Å². The largest absolute Gasteiger partial charge is 0.481 e. The van der Waals surface area contributed by atoms with Crippen molar-refractivity contribution in [2.75, 3.05) is 6.54 Å². The van der Waals surface area contributed by atoms with Crippen LogP contribution in [0.1, 0.15) is 31.4 Å². The van der Waals surface area contributed by atoms with Crippen molar-refractivity contribution in [3.05, 3.63) is 41.2 Å². The van der Waals surface area contributed by atoms with Gasteiger partial charge in [0.15, 0.2) is 0 Å². The van der Waals surface area contributed by atoms with Crippen molar-refractivity contribution >= 4 is 46.3 Å². The summed E-state index contributed by atoms with van der Waals surface area (Å²) in [5, 5.41) is 8.58. The minimum Gasteiger partial charge on any atom is -0.481 e. The zero-order valence-electron chi connectivity index (χ0n) is 12.4. The van der Waals surface area contributed by atoms with Crippen molar-refractivity contribution in [1.29, 1.82) is 0 Å². The van der Waals surface area contributed by atoms with Gasteiger partial charge >= 0.3 is 5.97 Å². The maximum Gasteiger partial charge on any atom is 0.303 e. The predicted molar refractivity (Wildman–Crippen MR) is 93.8 cm³/mol. The molecular weight excluding hydrogens is 334 g/mol. The molecule has 23 heavy (non-hydrogen) atoms. The lowest BCUT2D eigenvalue weighted by Crippen LogP contribution is -2.29. The number of carboxylic acid groups (broad SMARTS) is 1. The summed E-state index contributed by atoms with van der Waals surface area (Å²) >= 11 is 6.52. The van der Waals surface area contributed by atoms with E-state index in [1.165, 1.54) is 11.8 Å². The van der Waals surface area contributed by atoms with E-state index in [0.717, 1.165) is 18.6 Å². The molecule has 1 fully saturated rings. The molecule has 0 atom stereocenters. The summed E-state index contributed by atoms with van der Waals surface area (Å²) in [6, 6.07) is 3.62. The molecule has 1 aliphatic heterocycles. The van der Waals surface area contributed by atoms with Crippen LogP contribution in [0.2, 0.25) is 0 Å². The SMILES string of the molecule is O=C(O)CCCCCN1C(=O)/C(=C\C=C\c2ccco2)SC1=S. The van der Waals surface area contributed by atoms with Crippen molar-refractivity contribution in [3.8, 4) is 0 Å². The number of hydrogen-bond donors (Lipinski definition) is 1. The van der Waals surface area contributed by atoms with Gasteiger partial charge in [-0.1, -0.05) is 36.5 Å². The number of furan rings is 1. The van der Waals surface area contributed by atoms with Crippen LogP contribution in [0.25, 0.3) is 6.08 Å². The molecule has 0 bridgehead atoms. The van der Waals surface area contributed by atoms with Crippen LogP contribution < -0.4 is 0 Å². The standard InChI is InChI=1S/C16H17NO4S2/c18-14(19)9-2-1-3-10-17-15(20)13(23-16(17)22)8-4-6-12-7-5-11-21-12/h4-8,11H,1-3,9-10H2,(H,18,19)/b6-4+,13-8+. The minimum atomic E-state index is -0.790. The van der Waals surface area contributed by atoms with Crippen LogP contribution >= 0.6 is 24.0 Å². The van der Waals surface area contributed by atoms with E-state index in [4.69, 9.17) is 21.7 Å². The fourth-order valence-corrected chi connectivity index (χ4v) is 3.31. The highest BCUT2D eigenvalue weighted by atomic mass is 32.2. The number of carboxylic acids is 1. The smallest absolute Gasteiger partial charge is 0.303 e. The summed E-state index contributed by atoms with van der Waals surface area (Å²) in [5.41, 5.74) is 0. The van der Waals surface area contributed by atoms with Crippen LogP contribution in [-0.4, -0.2) is 32.7 Å². The molecule has 2 heterocycles. The maximum absolute atomic E-state index is 12.3. The van der Waals surface area contributed by atoms with Gasteiger partial charge in [0, 0.05) is 13.0 Å². The number of unbranched alkanes of at least 4 members (excludes halogenated alkanes) is 2. The maximum atomic E-state index is 12.3. The Kier molecular flexibility index (Phi) is 6.61. The highest BCUT2D eigenvalue weighted by molar-refractivity contribution is 8.26. The number of hydrogen-bond acceptors (Lipinski definition) is 5. The first-order valence-corrected chi connectivity index (χ1v) is 8.48. The average molecular weight is 351 g/mol. The predicted octanol–water partition coefficient (Wildman–Crippen LogP) is 3.68. The van der Waals surface area contributed by atoms with Gasteiger partial charge in [0.2, 0.25) is 0 Å². The molecule has 0 radical (unpaired) electrons. The first-order valence-electron chi connectivity index (χ1n) is 7.25. The molecule has 0 unspecified atom stereocenters. The first kappa shape index (κ1) is 17.5. The Morgan fingerprint density at radius 3 is 2.91 bits per heavy atom. The molecule has 0 saturated carbocycles. The Morgan fingerprint density at radius 1 is 1.39 bits per heavy atom. The Morgan fingerprint density at radius 2 is 2.22 bits per heavy atom. The molecule has 1 N–H and O–H groups in total. The lowest BCUT2D eigenvalue weighted by atomic mass is 10.2. The molecule has 0 aromatic carbocycles. The summed E-state index contributed by atoms with van der Waals surface area (Å²) < 4.78 is 5.72. The van der Waals surface area contributed by atoms with Crippen molar-refractivity contribution in [2.45, 2.75) is 25.7 Å². The summed E-state index contributed by atoms with van der Waals surface area (Å²) in [6.07, 6.45) is 9.14. The van der Waals surface area contributed by atoms with Crippen molar-refractivity contribution in [2.24, 2.45) is 0 Å². The van der Waals surface area contributed by atoms with E-state index in [1.807, 2.05) is 6.07 Å². The van der Waals surface area contributed by atoms with Gasteiger partial charge in [-0.15, -0.1) is 0 Å². The number of aliphatic carboxylic acids is 1. The molecule has 1 aliphatic rings. The number of allylic oxidation sites excluding steroid dienone is 2. The second-order valence-electron chi connectivity index (χ2n) is 4.93. The first-order chi connectivity index (χ1) is 11.1. The fourth-order valence-electron chi connectivity index (χ4n) is 2.05. The summed E-state index contributed by atoms with van der Waals surface area (Å²) in [7, 11) is 0. The quantitative estimate of drug-likeness (QED) is 0.438. The van der Waals surface area contributed by atoms with Gasteiger partial charge in [-0.05, 0) is 37.1 Å². The third kappa shape index (κ3) is 5.37. The molecule has 1 aromatic rings. The number of rotatable bonds is 8. The summed E-state index contributed by atoms with van der Waals surface area (Å²) in [5.74, 6) is -0.167. The molecule has 1 amide bonds. The van der Waals surface area contributed by atoms with Crippen molar-refractivity contribution < 1.29 is 19.1 Å². The molecule has 5 nitrogen and oxygen atoms in total. The van der Waals surface area contributed by atoms with Gasteiger partial charge in [-0.25, -0.2) is 0 Å². The molecule has 1 saturated heterocycles. The highest BCUT2D eigenvalue weighted by Gasteiger charge is 2.30. The van der Waals surface area contributed by atoms with Crippen LogP contribution in [-0.2, 0) is 9.59 Å². The molecule has 0 aliphatic carbocycles. The van der Waals surface area contributed by atoms with E-state index < -0.39 is 5.97 Å². The fraction of sp³-hybridized carbons (Fsp3) is 0.312. The van der Waals surface area contributed by atoms with Crippen LogP contribution in [0.5, 0.6) is 0 Å². The Labute approximate surface area is 144 Å².